The molecule has 0 heterocycles. The summed E-state index contributed by atoms with van der Waals surface area (Å²) in [7, 11) is 1.18. The smallest absolute Gasteiger partial charge is 0.192 e. The average Bonchev–Trinajstić information content (AvgIpc) is 3.09. The maximum atomic E-state index is 14.7. The van der Waals surface area contributed by atoms with Crippen molar-refractivity contribution in [3.63, 3.8) is 0 Å². The summed E-state index contributed by atoms with van der Waals surface area (Å²) in [5.74, 6) is 0.394. The molecule has 0 fully saturated rings. The second-order valence-electron chi connectivity index (χ2n) is 17.3. The van der Waals surface area contributed by atoms with Gasteiger partial charge < -0.3 is 29.2 Å². The number of hydrogen-bond acceptors (Lipinski definition) is 6. The normalized spacial score (nSPS) is 13.5. The fraction of sp³-hybridized carbons (Fsp3) is 0.455. The molecule has 4 rings (SSSR count). The minimum Gasteiger partial charge on any atom is -0.497 e. The summed E-state index contributed by atoms with van der Waals surface area (Å²) in [5.41, 5.74) is 4.19. The van der Waals surface area contributed by atoms with Crippen LogP contribution in [-0.4, -0.2) is 37.9 Å². The van der Waals surface area contributed by atoms with Gasteiger partial charge in [0.2, 0.25) is 0 Å². The molecule has 0 spiro atoms. The molecule has 0 aromatic heterocycles. The molecule has 9 heteroatoms. The molecule has 0 saturated heterocycles. The van der Waals surface area contributed by atoms with Crippen molar-refractivity contribution in [1.29, 1.82) is 0 Å². The number of ether oxygens (including phenoxy) is 2. The quantitative estimate of drug-likeness (QED) is 0.140. The van der Waals surface area contributed by atoms with Crippen LogP contribution in [0.1, 0.15) is 96.8 Å². The van der Waals surface area contributed by atoms with E-state index in [4.69, 9.17) is 13.9 Å². The predicted octanol–water partition coefficient (Wildman–Crippen LogP) is 11.2. The second kappa shape index (κ2) is 17.2. The zero-order valence-corrected chi connectivity index (χ0v) is 34.8. The lowest BCUT2D eigenvalue weighted by Gasteiger charge is -2.36. The Labute approximate surface area is 316 Å². The molecule has 53 heavy (non-hydrogen) atoms. The van der Waals surface area contributed by atoms with Crippen LogP contribution in [0, 0.1) is 22.5 Å². The Bertz CT molecular complexity index is 1840. The molecule has 0 aliphatic carbocycles. The van der Waals surface area contributed by atoms with Crippen LogP contribution in [-0.2, 0) is 17.6 Å². The van der Waals surface area contributed by atoms with Crippen molar-refractivity contribution >= 4 is 8.32 Å². The molecule has 0 radical (unpaired) electrons. The van der Waals surface area contributed by atoms with Crippen molar-refractivity contribution in [3.05, 3.63) is 107 Å². The standard InChI is InChI=1S/C25H37FO3Si.C19H23FO3/c1-24(2,3)23(27)21-14-17(16-29-30(8,9)25(4,5)6)10-12-19(21)20-15-18(28-7)11-13-22(20)26;1-19(2,3)18(22)16-9-12(11-21)5-7-14(16)15-10-13(23-4)6-8-17(15)20/h10-15,23,27H,16H2,1-9H3;5-10,18,21-22H,11H2,1-4H3. The van der Waals surface area contributed by atoms with E-state index in [-0.39, 0.29) is 23.3 Å². The minimum atomic E-state index is -1.91. The van der Waals surface area contributed by atoms with E-state index in [0.717, 1.165) is 5.56 Å². The minimum absolute atomic E-state index is 0.115. The monoisotopic (exact) mass is 750 g/mol. The van der Waals surface area contributed by atoms with E-state index in [9.17, 15) is 24.1 Å². The molecular formula is C44H60F2O6Si. The summed E-state index contributed by atoms with van der Waals surface area (Å²) in [6.07, 6.45) is -1.56. The molecule has 3 N–H and O–H groups in total. The first-order valence-electron chi connectivity index (χ1n) is 18.0. The Morgan fingerprint density at radius 3 is 1.34 bits per heavy atom. The number of hydrogen-bond donors (Lipinski definition) is 3. The number of halogens is 2. The maximum absolute atomic E-state index is 14.7. The van der Waals surface area contributed by atoms with Crippen LogP contribution in [0.5, 0.6) is 11.5 Å². The van der Waals surface area contributed by atoms with Gasteiger partial charge in [-0.3, -0.25) is 0 Å². The van der Waals surface area contributed by atoms with Gasteiger partial charge in [0.15, 0.2) is 8.32 Å². The van der Waals surface area contributed by atoms with Gasteiger partial charge >= 0.3 is 0 Å². The molecule has 4 aromatic carbocycles. The average molecular weight is 751 g/mol. The van der Waals surface area contributed by atoms with E-state index >= 15 is 0 Å². The molecule has 0 aliphatic heterocycles. The second-order valence-corrected chi connectivity index (χ2v) is 22.1. The fourth-order valence-electron chi connectivity index (χ4n) is 5.44. The first kappa shape index (κ1) is 43.8. The fourth-order valence-corrected chi connectivity index (χ4v) is 6.40. The van der Waals surface area contributed by atoms with Crippen molar-refractivity contribution in [2.75, 3.05) is 14.2 Å². The van der Waals surface area contributed by atoms with E-state index in [1.807, 2.05) is 59.7 Å². The molecule has 2 unspecified atom stereocenters. The molecule has 290 valence electrons. The van der Waals surface area contributed by atoms with Crippen molar-refractivity contribution in [2.45, 2.75) is 106 Å². The van der Waals surface area contributed by atoms with Crippen molar-refractivity contribution in [1.82, 2.24) is 0 Å². The molecule has 0 aliphatic rings. The number of benzene rings is 4. The van der Waals surface area contributed by atoms with Crippen molar-refractivity contribution < 1.29 is 38.0 Å². The van der Waals surface area contributed by atoms with Crippen LogP contribution in [0.2, 0.25) is 18.1 Å². The van der Waals surface area contributed by atoms with Crippen LogP contribution < -0.4 is 9.47 Å². The zero-order chi connectivity index (χ0) is 40.1. The molecule has 0 saturated carbocycles. The van der Waals surface area contributed by atoms with Gasteiger partial charge in [-0.1, -0.05) is 98.7 Å². The van der Waals surface area contributed by atoms with Gasteiger partial charge in [-0.2, -0.15) is 0 Å². The van der Waals surface area contributed by atoms with Crippen LogP contribution in [0.4, 0.5) is 8.78 Å². The van der Waals surface area contributed by atoms with Crippen LogP contribution in [0.25, 0.3) is 22.3 Å². The van der Waals surface area contributed by atoms with Gasteiger partial charge in [-0.25, -0.2) is 8.78 Å². The Balaban J connectivity index is 0.000000295. The Hall–Kier alpha value is -3.60. The molecular weight excluding hydrogens is 691 g/mol. The third-order valence-corrected chi connectivity index (χ3v) is 14.5. The van der Waals surface area contributed by atoms with E-state index in [1.54, 1.807) is 49.6 Å². The van der Waals surface area contributed by atoms with E-state index in [0.29, 0.717) is 57.1 Å². The summed E-state index contributed by atoms with van der Waals surface area (Å²) in [5, 5.41) is 31.3. The SMILES string of the molecule is COc1ccc(F)c(-c2ccc(CO)cc2C(O)C(C)(C)C)c1.COc1ccc(F)c(-c2ccc(CO[Si](C)(C)C(C)(C)C)cc2C(O)C(C)(C)C)c1. The molecule has 0 bridgehead atoms. The molecule has 4 aromatic rings. The summed E-state index contributed by atoms with van der Waals surface area (Å²) in [4.78, 5) is 0. The molecule has 6 nitrogen and oxygen atoms in total. The summed E-state index contributed by atoms with van der Waals surface area (Å²) >= 11 is 0. The lowest BCUT2D eigenvalue weighted by Crippen LogP contribution is -2.40. The highest BCUT2D eigenvalue weighted by molar-refractivity contribution is 6.74. The van der Waals surface area contributed by atoms with Crippen molar-refractivity contribution in [3.8, 4) is 33.8 Å². The van der Waals surface area contributed by atoms with Crippen LogP contribution in [0.15, 0.2) is 72.8 Å². The Morgan fingerprint density at radius 2 is 0.981 bits per heavy atom. The van der Waals surface area contributed by atoms with Crippen LogP contribution >= 0.6 is 0 Å². The van der Waals surface area contributed by atoms with Gasteiger partial charge in [0.1, 0.15) is 23.1 Å². The highest BCUT2D eigenvalue weighted by Gasteiger charge is 2.37. The zero-order valence-electron chi connectivity index (χ0n) is 33.8. The summed E-state index contributed by atoms with van der Waals surface area (Å²) in [6, 6.07) is 20.2. The Kier molecular flexibility index (Phi) is 14.3. The third kappa shape index (κ3) is 11.0. The van der Waals surface area contributed by atoms with Crippen molar-refractivity contribution in [2.24, 2.45) is 10.8 Å². The highest BCUT2D eigenvalue weighted by atomic mass is 28.4. The number of aliphatic hydroxyl groups is 3. The molecule has 0 amide bonds. The Morgan fingerprint density at radius 1 is 0.585 bits per heavy atom. The van der Waals surface area contributed by atoms with Gasteiger partial charge in [-0.15, -0.1) is 0 Å². The highest BCUT2D eigenvalue weighted by Crippen LogP contribution is 2.42. The number of rotatable bonds is 10. The topological polar surface area (TPSA) is 88.4 Å². The molecule has 2 atom stereocenters. The first-order chi connectivity index (χ1) is 24.4. The number of methoxy groups -OCH3 is 2. The van der Waals surface area contributed by atoms with Gasteiger partial charge in [-0.05, 0) is 98.7 Å². The van der Waals surface area contributed by atoms with Gasteiger partial charge in [0.05, 0.1) is 39.6 Å². The van der Waals surface area contributed by atoms with Crippen LogP contribution in [0.3, 0.4) is 0 Å². The third-order valence-electron chi connectivity index (χ3n) is 9.98. The lowest BCUT2D eigenvalue weighted by molar-refractivity contribution is 0.0629. The largest absolute Gasteiger partial charge is 0.497 e. The number of aliphatic hydroxyl groups excluding tert-OH is 3. The van der Waals surface area contributed by atoms with Gasteiger partial charge in [0.25, 0.3) is 0 Å². The van der Waals surface area contributed by atoms with E-state index < -0.39 is 31.4 Å². The predicted molar refractivity (Wildman–Crippen MR) is 214 cm³/mol. The van der Waals surface area contributed by atoms with E-state index in [1.165, 1.54) is 19.2 Å². The van der Waals surface area contributed by atoms with Gasteiger partial charge in [0, 0.05) is 11.1 Å². The first-order valence-corrected chi connectivity index (χ1v) is 20.9. The summed E-state index contributed by atoms with van der Waals surface area (Å²) in [6.45, 7) is 23.1. The van der Waals surface area contributed by atoms with E-state index in [2.05, 4.69) is 33.9 Å². The maximum Gasteiger partial charge on any atom is 0.192 e. The lowest BCUT2D eigenvalue weighted by atomic mass is 9.81. The summed E-state index contributed by atoms with van der Waals surface area (Å²) < 4.78 is 45.9.